The molecule has 0 spiro atoms. The zero-order chi connectivity index (χ0) is 13.4. The van der Waals surface area contributed by atoms with Crippen LogP contribution in [0.3, 0.4) is 0 Å². The molecule has 98 valence electrons. The highest BCUT2D eigenvalue weighted by Crippen LogP contribution is 2.18. The van der Waals surface area contributed by atoms with Gasteiger partial charge in [-0.05, 0) is 24.6 Å². The van der Waals surface area contributed by atoms with Crippen LogP contribution in [-0.2, 0) is 4.79 Å². The summed E-state index contributed by atoms with van der Waals surface area (Å²) in [7, 11) is 1.63. The molecule has 4 heteroatoms. The highest BCUT2D eigenvalue weighted by atomic mass is 16.5. The smallest absolute Gasteiger partial charge is 0.234 e. The number of methoxy groups -OCH3 is 1. The molecule has 0 aromatic heterocycles. The molecule has 4 nitrogen and oxygen atoms in total. The number of ether oxygens (including phenoxy) is 1. The van der Waals surface area contributed by atoms with Gasteiger partial charge in [-0.15, -0.1) is 6.58 Å². The van der Waals surface area contributed by atoms with E-state index < -0.39 is 0 Å². The summed E-state index contributed by atoms with van der Waals surface area (Å²) >= 11 is 0. The largest absolute Gasteiger partial charge is 0.497 e. The van der Waals surface area contributed by atoms with E-state index in [1.807, 2.05) is 31.2 Å². The van der Waals surface area contributed by atoms with Crippen LogP contribution in [0.2, 0.25) is 0 Å². The van der Waals surface area contributed by atoms with Gasteiger partial charge in [0.2, 0.25) is 5.91 Å². The predicted molar refractivity (Wildman–Crippen MR) is 72.6 cm³/mol. The Morgan fingerprint density at radius 3 is 3.00 bits per heavy atom. The third kappa shape index (κ3) is 4.59. The minimum absolute atomic E-state index is 0.0350. The van der Waals surface area contributed by atoms with E-state index in [1.165, 1.54) is 0 Å². The van der Waals surface area contributed by atoms with Crippen molar-refractivity contribution in [3.8, 4) is 5.75 Å². The van der Waals surface area contributed by atoms with Gasteiger partial charge in [-0.3, -0.25) is 4.79 Å². The van der Waals surface area contributed by atoms with Crippen molar-refractivity contribution in [3.05, 3.63) is 42.5 Å². The molecule has 1 rings (SSSR count). The van der Waals surface area contributed by atoms with Gasteiger partial charge in [-0.2, -0.15) is 0 Å². The Balaban J connectivity index is 2.50. The molecule has 0 aliphatic rings. The molecule has 0 aliphatic carbocycles. The van der Waals surface area contributed by atoms with Crippen LogP contribution in [0, 0.1) is 0 Å². The summed E-state index contributed by atoms with van der Waals surface area (Å²) in [6.07, 6.45) is 1.72. The first-order valence-electron chi connectivity index (χ1n) is 5.92. The first kappa shape index (κ1) is 14.3. The van der Waals surface area contributed by atoms with Crippen LogP contribution < -0.4 is 15.4 Å². The lowest BCUT2D eigenvalue weighted by Gasteiger charge is -2.15. The first-order valence-corrected chi connectivity index (χ1v) is 5.92. The SMILES string of the molecule is C=CCNCC(=O)N[C@@H](C)c1cccc(OC)c1. The van der Waals surface area contributed by atoms with Crippen LogP contribution in [0.25, 0.3) is 0 Å². The summed E-state index contributed by atoms with van der Waals surface area (Å²) in [4.78, 5) is 11.6. The molecule has 0 unspecified atom stereocenters. The summed E-state index contributed by atoms with van der Waals surface area (Å²) in [6, 6.07) is 7.63. The molecular weight excluding hydrogens is 228 g/mol. The number of carbonyl (C=O) groups excluding carboxylic acids is 1. The molecule has 1 aromatic rings. The van der Waals surface area contributed by atoms with Crippen molar-refractivity contribution in [1.82, 2.24) is 10.6 Å². The van der Waals surface area contributed by atoms with E-state index in [4.69, 9.17) is 4.74 Å². The predicted octanol–water partition coefficient (Wildman–Crippen LogP) is 1.65. The molecule has 0 saturated heterocycles. The third-order valence-corrected chi connectivity index (χ3v) is 2.55. The fourth-order valence-corrected chi connectivity index (χ4v) is 1.57. The van der Waals surface area contributed by atoms with Crippen molar-refractivity contribution in [2.24, 2.45) is 0 Å². The molecule has 1 amide bonds. The van der Waals surface area contributed by atoms with E-state index in [0.717, 1.165) is 11.3 Å². The Morgan fingerprint density at radius 1 is 1.56 bits per heavy atom. The van der Waals surface area contributed by atoms with Gasteiger partial charge in [0, 0.05) is 6.54 Å². The van der Waals surface area contributed by atoms with Crippen molar-refractivity contribution in [2.45, 2.75) is 13.0 Å². The standard InChI is InChI=1S/C14H20N2O2/c1-4-8-15-10-14(17)16-11(2)12-6-5-7-13(9-12)18-3/h4-7,9,11,15H,1,8,10H2,2-3H3,(H,16,17)/t11-/m0/s1. The minimum Gasteiger partial charge on any atom is -0.497 e. The van der Waals surface area contributed by atoms with Gasteiger partial charge >= 0.3 is 0 Å². The van der Waals surface area contributed by atoms with Crippen LogP contribution in [0.5, 0.6) is 5.75 Å². The summed E-state index contributed by atoms with van der Waals surface area (Å²) in [6.45, 7) is 6.44. The van der Waals surface area contributed by atoms with Crippen LogP contribution in [0.4, 0.5) is 0 Å². The average Bonchev–Trinajstić information content (AvgIpc) is 2.39. The second-order valence-corrected chi connectivity index (χ2v) is 3.99. The second-order valence-electron chi connectivity index (χ2n) is 3.99. The van der Waals surface area contributed by atoms with E-state index in [1.54, 1.807) is 13.2 Å². The third-order valence-electron chi connectivity index (χ3n) is 2.55. The molecule has 0 radical (unpaired) electrons. The molecule has 18 heavy (non-hydrogen) atoms. The normalized spacial score (nSPS) is 11.7. The zero-order valence-corrected chi connectivity index (χ0v) is 10.9. The first-order chi connectivity index (χ1) is 8.67. The number of nitrogens with one attached hydrogen (secondary N) is 2. The Hall–Kier alpha value is -1.81. The van der Waals surface area contributed by atoms with Gasteiger partial charge in [0.25, 0.3) is 0 Å². The van der Waals surface area contributed by atoms with E-state index in [2.05, 4.69) is 17.2 Å². The Bertz CT molecular complexity index is 405. The molecule has 0 saturated carbocycles. The van der Waals surface area contributed by atoms with Crippen molar-refractivity contribution in [1.29, 1.82) is 0 Å². The van der Waals surface area contributed by atoms with E-state index in [0.29, 0.717) is 13.1 Å². The lowest BCUT2D eigenvalue weighted by atomic mass is 10.1. The van der Waals surface area contributed by atoms with Crippen molar-refractivity contribution in [2.75, 3.05) is 20.2 Å². The van der Waals surface area contributed by atoms with Crippen LogP contribution in [0.15, 0.2) is 36.9 Å². The Morgan fingerprint density at radius 2 is 2.33 bits per heavy atom. The summed E-state index contributed by atoms with van der Waals surface area (Å²) in [5.41, 5.74) is 1.02. The van der Waals surface area contributed by atoms with Crippen LogP contribution >= 0.6 is 0 Å². The lowest BCUT2D eigenvalue weighted by Crippen LogP contribution is -2.35. The molecule has 2 N–H and O–H groups in total. The summed E-state index contributed by atoms with van der Waals surface area (Å²) in [5, 5.41) is 5.87. The molecule has 0 bridgehead atoms. The fraction of sp³-hybridized carbons (Fsp3) is 0.357. The van der Waals surface area contributed by atoms with Crippen molar-refractivity contribution >= 4 is 5.91 Å². The molecule has 0 fully saturated rings. The maximum atomic E-state index is 11.6. The maximum Gasteiger partial charge on any atom is 0.234 e. The highest BCUT2D eigenvalue weighted by Gasteiger charge is 2.09. The number of rotatable bonds is 7. The number of amides is 1. The number of hydrogen-bond acceptors (Lipinski definition) is 3. The van der Waals surface area contributed by atoms with Crippen molar-refractivity contribution < 1.29 is 9.53 Å². The van der Waals surface area contributed by atoms with Gasteiger partial charge in [0.15, 0.2) is 0 Å². The van der Waals surface area contributed by atoms with Crippen molar-refractivity contribution in [3.63, 3.8) is 0 Å². The molecule has 1 atom stereocenters. The number of hydrogen-bond donors (Lipinski definition) is 2. The Labute approximate surface area is 108 Å². The topological polar surface area (TPSA) is 50.4 Å². The summed E-state index contributed by atoms with van der Waals surface area (Å²) in [5.74, 6) is 0.755. The zero-order valence-electron chi connectivity index (χ0n) is 10.9. The lowest BCUT2D eigenvalue weighted by molar-refractivity contribution is -0.120. The van der Waals surface area contributed by atoms with E-state index in [9.17, 15) is 4.79 Å². The average molecular weight is 248 g/mol. The van der Waals surface area contributed by atoms with Gasteiger partial charge in [0.05, 0.1) is 19.7 Å². The molecule has 0 aliphatic heterocycles. The Kier molecular flexibility index (Phi) is 5.94. The molecule has 1 aromatic carbocycles. The van der Waals surface area contributed by atoms with Crippen LogP contribution in [-0.4, -0.2) is 26.1 Å². The molecular formula is C14H20N2O2. The fourth-order valence-electron chi connectivity index (χ4n) is 1.57. The van der Waals surface area contributed by atoms with Gasteiger partial charge in [-0.25, -0.2) is 0 Å². The van der Waals surface area contributed by atoms with Gasteiger partial charge in [0.1, 0.15) is 5.75 Å². The highest BCUT2D eigenvalue weighted by molar-refractivity contribution is 5.78. The number of benzene rings is 1. The van der Waals surface area contributed by atoms with E-state index in [-0.39, 0.29) is 11.9 Å². The summed E-state index contributed by atoms with van der Waals surface area (Å²) < 4.78 is 5.15. The van der Waals surface area contributed by atoms with E-state index >= 15 is 0 Å². The number of carbonyl (C=O) groups is 1. The minimum atomic E-state index is -0.0434. The molecule has 0 heterocycles. The monoisotopic (exact) mass is 248 g/mol. The van der Waals surface area contributed by atoms with Gasteiger partial charge < -0.3 is 15.4 Å². The van der Waals surface area contributed by atoms with Crippen LogP contribution in [0.1, 0.15) is 18.5 Å². The van der Waals surface area contributed by atoms with Gasteiger partial charge in [-0.1, -0.05) is 18.2 Å². The maximum absolute atomic E-state index is 11.6. The quantitative estimate of drug-likeness (QED) is 0.570. The second kappa shape index (κ2) is 7.50.